The highest BCUT2D eigenvalue weighted by atomic mass is 79.9. The summed E-state index contributed by atoms with van der Waals surface area (Å²) in [5.74, 6) is -1.75. The molecule has 2 rings (SSSR count). The third-order valence-electron chi connectivity index (χ3n) is 2.77. The van der Waals surface area contributed by atoms with Crippen LogP contribution in [0.4, 0.5) is 13.2 Å². The Morgan fingerprint density at radius 2 is 1.95 bits per heavy atom. The second-order valence-corrected chi connectivity index (χ2v) is 5.05. The number of phenolic OH excluding ortho intramolecular Hbond substituents is 1. The Morgan fingerprint density at radius 1 is 1.33 bits per heavy atom. The number of hydrogen-bond acceptors (Lipinski definition) is 3. The number of carbonyl (C=O) groups is 1. The fourth-order valence-electron chi connectivity index (χ4n) is 1.78. The van der Waals surface area contributed by atoms with Gasteiger partial charge in [-0.1, -0.05) is 0 Å². The number of halogens is 4. The number of aryl methyl sites for hydroxylation is 1. The molecule has 1 aromatic heterocycles. The number of carboxylic acid groups (broad SMARTS) is 1. The van der Waals surface area contributed by atoms with Crippen molar-refractivity contribution in [1.29, 1.82) is 0 Å². The van der Waals surface area contributed by atoms with E-state index in [4.69, 9.17) is 5.11 Å². The molecule has 1 heterocycles. The Balaban J connectivity index is 2.69. The van der Waals surface area contributed by atoms with Gasteiger partial charge in [-0.05, 0) is 34.1 Å². The summed E-state index contributed by atoms with van der Waals surface area (Å²) in [6.45, 7) is 0. The van der Waals surface area contributed by atoms with E-state index in [1.165, 1.54) is 7.05 Å². The fourth-order valence-corrected chi connectivity index (χ4v) is 2.24. The molecule has 0 saturated heterocycles. The number of benzene rings is 1. The van der Waals surface area contributed by atoms with Crippen molar-refractivity contribution in [2.24, 2.45) is 7.05 Å². The standard InChI is InChI=1S/C12H8BrF3N2O3/c1-18-9(4-8(17-18)11(20)21)6-2-5(12(14,15)16)3-7(13)10(6)19/h2-4,19H,1H3,(H,20,21). The van der Waals surface area contributed by atoms with E-state index < -0.39 is 23.5 Å². The van der Waals surface area contributed by atoms with E-state index in [0.717, 1.165) is 22.9 Å². The van der Waals surface area contributed by atoms with Crippen LogP contribution in [0.15, 0.2) is 22.7 Å². The molecule has 0 amide bonds. The van der Waals surface area contributed by atoms with E-state index >= 15 is 0 Å². The number of rotatable bonds is 2. The number of hydrogen-bond donors (Lipinski definition) is 2. The van der Waals surface area contributed by atoms with Crippen molar-refractivity contribution in [1.82, 2.24) is 9.78 Å². The lowest BCUT2D eigenvalue weighted by atomic mass is 10.1. The normalized spacial score (nSPS) is 11.7. The number of alkyl halides is 3. The summed E-state index contributed by atoms with van der Waals surface area (Å²) in [7, 11) is 1.37. The van der Waals surface area contributed by atoms with E-state index in [1.807, 2.05) is 0 Å². The molecular weight excluding hydrogens is 357 g/mol. The zero-order valence-electron chi connectivity index (χ0n) is 10.4. The van der Waals surface area contributed by atoms with Gasteiger partial charge in [-0.2, -0.15) is 18.3 Å². The van der Waals surface area contributed by atoms with Gasteiger partial charge in [-0.25, -0.2) is 4.79 Å². The number of aromatic hydroxyl groups is 1. The quantitative estimate of drug-likeness (QED) is 0.857. The van der Waals surface area contributed by atoms with Gasteiger partial charge in [0.05, 0.1) is 15.7 Å². The van der Waals surface area contributed by atoms with Crippen LogP contribution in [0.1, 0.15) is 16.1 Å². The second-order valence-electron chi connectivity index (χ2n) is 4.20. The Morgan fingerprint density at radius 3 is 2.43 bits per heavy atom. The largest absolute Gasteiger partial charge is 0.506 e. The molecular formula is C12H8BrF3N2O3. The monoisotopic (exact) mass is 364 g/mol. The zero-order chi connectivity index (χ0) is 15.9. The van der Waals surface area contributed by atoms with Gasteiger partial charge in [-0.15, -0.1) is 0 Å². The predicted molar refractivity (Wildman–Crippen MR) is 70.0 cm³/mol. The molecule has 0 aliphatic rings. The van der Waals surface area contributed by atoms with Crippen molar-refractivity contribution in [3.8, 4) is 17.0 Å². The summed E-state index contributed by atoms with van der Waals surface area (Å²) in [4.78, 5) is 10.8. The van der Waals surface area contributed by atoms with Crippen LogP contribution in [0.25, 0.3) is 11.3 Å². The van der Waals surface area contributed by atoms with Gasteiger partial charge in [0.15, 0.2) is 5.69 Å². The maximum Gasteiger partial charge on any atom is 0.416 e. The fraction of sp³-hybridized carbons (Fsp3) is 0.167. The molecule has 0 atom stereocenters. The Hall–Kier alpha value is -2.03. The molecule has 2 aromatic rings. The highest BCUT2D eigenvalue weighted by Crippen LogP contribution is 2.41. The number of nitrogens with zero attached hydrogens (tertiary/aromatic N) is 2. The first-order chi connectivity index (χ1) is 9.61. The molecule has 5 nitrogen and oxygen atoms in total. The first kappa shape index (κ1) is 15.4. The van der Waals surface area contributed by atoms with E-state index in [0.29, 0.717) is 0 Å². The van der Waals surface area contributed by atoms with Crippen molar-refractivity contribution in [2.45, 2.75) is 6.18 Å². The molecule has 0 radical (unpaired) electrons. The summed E-state index contributed by atoms with van der Waals surface area (Å²) < 4.78 is 39.4. The summed E-state index contributed by atoms with van der Waals surface area (Å²) in [5.41, 5.74) is -1.42. The summed E-state index contributed by atoms with van der Waals surface area (Å²) in [5, 5.41) is 22.4. The molecule has 0 aliphatic heterocycles. The maximum atomic E-state index is 12.8. The van der Waals surface area contributed by atoms with Crippen molar-refractivity contribution in [3.05, 3.63) is 33.9 Å². The molecule has 0 fully saturated rings. The molecule has 21 heavy (non-hydrogen) atoms. The molecule has 0 spiro atoms. The average Bonchev–Trinajstić information content (AvgIpc) is 2.73. The van der Waals surface area contributed by atoms with Gasteiger partial charge < -0.3 is 10.2 Å². The number of phenols is 1. The Bertz CT molecular complexity index is 725. The number of carboxylic acids is 1. The van der Waals surface area contributed by atoms with E-state index in [1.54, 1.807) is 0 Å². The van der Waals surface area contributed by atoms with Gasteiger partial charge >= 0.3 is 12.1 Å². The highest BCUT2D eigenvalue weighted by molar-refractivity contribution is 9.10. The van der Waals surface area contributed by atoms with Crippen molar-refractivity contribution in [3.63, 3.8) is 0 Å². The first-order valence-electron chi connectivity index (χ1n) is 5.48. The lowest BCUT2D eigenvalue weighted by Gasteiger charge is -2.12. The van der Waals surface area contributed by atoms with Gasteiger partial charge in [0.2, 0.25) is 0 Å². The van der Waals surface area contributed by atoms with Crippen molar-refractivity contribution in [2.75, 3.05) is 0 Å². The molecule has 2 N–H and O–H groups in total. The average molecular weight is 365 g/mol. The van der Waals surface area contributed by atoms with E-state index in [9.17, 15) is 23.1 Å². The molecule has 112 valence electrons. The molecule has 0 aliphatic carbocycles. The third kappa shape index (κ3) is 2.87. The SMILES string of the molecule is Cn1nc(C(=O)O)cc1-c1cc(C(F)(F)F)cc(Br)c1O. The first-order valence-corrected chi connectivity index (χ1v) is 6.28. The lowest BCUT2D eigenvalue weighted by Crippen LogP contribution is -2.06. The smallest absolute Gasteiger partial charge is 0.416 e. The molecule has 0 bridgehead atoms. The van der Waals surface area contributed by atoms with Crippen LogP contribution >= 0.6 is 15.9 Å². The topological polar surface area (TPSA) is 75.4 Å². The number of aromatic nitrogens is 2. The van der Waals surface area contributed by atoms with Gasteiger partial charge in [0, 0.05) is 12.6 Å². The molecule has 1 aromatic carbocycles. The van der Waals surface area contributed by atoms with Crippen LogP contribution in [-0.4, -0.2) is 26.0 Å². The van der Waals surface area contributed by atoms with Gasteiger partial charge in [-0.3, -0.25) is 4.68 Å². The molecule has 0 saturated carbocycles. The minimum absolute atomic E-state index is 0.0525. The minimum atomic E-state index is -4.60. The predicted octanol–water partition coefficient (Wildman–Crippen LogP) is 3.27. The van der Waals surface area contributed by atoms with Gasteiger partial charge in [0.25, 0.3) is 0 Å². The third-order valence-corrected chi connectivity index (χ3v) is 3.37. The van der Waals surface area contributed by atoms with E-state index in [2.05, 4.69) is 21.0 Å². The van der Waals surface area contributed by atoms with Crippen molar-refractivity contribution < 1.29 is 28.2 Å². The second kappa shape index (κ2) is 5.06. The van der Waals surface area contributed by atoms with Crippen LogP contribution in [0.3, 0.4) is 0 Å². The lowest BCUT2D eigenvalue weighted by molar-refractivity contribution is -0.137. The van der Waals surface area contributed by atoms with Crippen LogP contribution in [0, 0.1) is 0 Å². The van der Waals surface area contributed by atoms with Crippen LogP contribution < -0.4 is 0 Å². The van der Waals surface area contributed by atoms with Gasteiger partial charge in [0.1, 0.15) is 5.75 Å². The summed E-state index contributed by atoms with van der Waals surface area (Å²) in [6.07, 6.45) is -4.60. The molecule has 9 heteroatoms. The minimum Gasteiger partial charge on any atom is -0.506 e. The summed E-state index contributed by atoms with van der Waals surface area (Å²) >= 11 is 2.85. The zero-order valence-corrected chi connectivity index (χ0v) is 12.0. The van der Waals surface area contributed by atoms with Crippen molar-refractivity contribution >= 4 is 21.9 Å². The summed E-state index contributed by atoms with van der Waals surface area (Å²) in [6, 6.07) is 2.57. The molecule has 0 unspecified atom stereocenters. The number of aromatic carboxylic acids is 1. The highest BCUT2D eigenvalue weighted by Gasteiger charge is 2.32. The van der Waals surface area contributed by atoms with Crippen LogP contribution in [-0.2, 0) is 13.2 Å². The maximum absolute atomic E-state index is 12.8. The van der Waals surface area contributed by atoms with Crippen LogP contribution in [0.5, 0.6) is 5.75 Å². The van der Waals surface area contributed by atoms with Crippen LogP contribution in [0.2, 0.25) is 0 Å². The Kier molecular flexibility index (Phi) is 3.70. The van der Waals surface area contributed by atoms with E-state index in [-0.39, 0.29) is 21.4 Å². The Labute approximate surface area is 124 Å².